The maximum atomic E-state index is 5.46. The van der Waals surface area contributed by atoms with Crippen molar-refractivity contribution in [3.05, 3.63) is 35.4 Å². The Morgan fingerprint density at radius 1 is 1.32 bits per heavy atom. The zero-order valence-corrected chi connectivity index (χ0v) is 12.2. The summed E-state index contributed by atoms with van der Waals surface area (Å²) >= 11 is 0. The predicted octanol–water partition coefficient (Wildman–Crippen LogP) is 2.23. The SMILES string of the molecule is CCOCCN(CC)CC1NCCc2ccccc21. The number of rotatable bonds is 7. The van der Waals surface area contributed by atoms with E-state index in [1.54, 1.807) is 0 Å². The van der Waals surface area contributed by atoms with Crippen LogP contribution in [0.2, 0.25) is 0 Å². The Hall–Kier alpha value is -0.900. The minimum atomic E-state index is 0.464. The fraction of sp³-hybridized carbons (Fsp3) is 0.625. The largest absolute Gasteiger partial charge is 0.380 e. The maximum absolute atomic E-state index is 5.46. The van der Waals surface area contributed by atoms with Crippen molar-refractivity contribution >= 4 is 0 Å². The van der Waals surface area contributed by atoms with Gasteiger partial charge >= 0.3 is 0 Å². The summed E-state index contributed by atoms with van der Waals surface area (Å²) in [5, 5.41) is 3.65. The number of fused-ring (bicyclic) bond motifs is 1. The molecule has 1 aliphatic heterocycles. The summed E-state index contributed by atoms with van der Waals surface area (Å²) in [7, 11) is 0. The van der Waals surface area contributed by atoms with Crippen molar-refractivity contribution < 1.29 is 4.74 Å². The van der Waals surface area contributed by atoms with Crippen molar-refractivity contribution in [1.82, 2.24) is 10.2 Å². The van der Waals surface area contributed by atoms with Gasteiger partial charge in [-0.3, -0.25) is 4.90 Å². The van der Waals surface area contributed by atoms with Gasteiger partial charge < -0.3 is 10.1 Å². The average molecular weight is 262 g/mol. The normalized spacial score (nSPS) is 18.6. The van der Waals surface area contributed by atoms with Crippen LogP contribution in [0.15, 0.2) is 24.3 Å². The van der Waals surface area contributed by atoms with Gasteiger partial charge in [0.1, 0.15) is 0 Å². The molecule has 0 saturated heterocycles. The van der Waals surface area contributed by atoms with Crippen molar-refractivity contribution in [3.63, 3.8) is 0 Å². The predicted molar refractivity (Wildman–Crippen MR) is 79.5 cm³/mol. The second kappa shape index (κ2) is 7.63. The molecule has 1 aromatic carbocycles. The number of ether oxygens (including phenoxy) is 1. The fourth-order valence-corrected chi connectivity index (χ4v) is 2.73. The van der Waals surface area contributed by atoms with Crippen molar-refractivity contribution in [3.8, 4) is 0 Å². The van der Waals surface area contributed by atoms with Gasteiger partial charge in [0.05, 0.1) is 6.61 Å². The van der Waals surface area contributed by atoms with Crippen LogP contribution in [0.25, 0.3) is 0 Å². The summed E-state index contributed by atoms with van der Waals surface area (Å²) in [6.07, 6.45) is 1.15. The van der Waals surface area contributed by atoms with Crippen LogP contribution >= 0.6 is 0 Å². The highest BCUT2D eigenvalue weighted by Crippen LogP contribution is 2.23. The average Bonchev–Trinajstić information content (AvgIpc) is 2.46. The molecule has 1 atom stereocenters. The Bertz CT molecular complexity index is 381. The highest BCUT2D eigenvalue weighted by molar-refractivity contribution is 5.32. The van der Waals surface area contributed by atoms with Gasteiger partial charge in [0.25, 0.3) is 0 Å². The molecule has 0 spiro atoms. The highest BCUT2D eigenvalue weighted by Gasteiger charge is 2.20. The summed E-state index contributed by atoms with van der Waals surface area (Å²) in [6.45, 7) is 10.2. The van der Waals surface area contributed by atoms with E-state index in [0.29, 0.717) is 6.04 Å². The molecule has 19 heavy (non-hydrogen) atoms. The summed E-state index contributed by atoms with van der Waals surface area (Å²) in [5.41, 5.74) is 2.98. The minimum Gasteiger partial charge on any atom is -0.380 e. The van der Waals surface area contributed by atoms with Crippen LogP contribution in [0.4, 0.5) is 0 Å². The first kappa shape index (κ1) is 14.5. The van der Waals surface area contributed by atoms with E-state index < -0.39 is 0 Å². The quantitative estimate of drug-likeness (QED) is 0.763. The Morgan fingerprint density at radius 3 is 2.95 bits per heavy atom. The van der Waals surface area contributed by atoms with Crippen LogP contribution < -0.4 is 5.32 Å². The molecule has 0 radical (unpaired) electrons. The lowest BCUT2D eigenvalue weighted by atomic mass is 9.94. The van der Waals surface area contributed by atoms with Gasteiger partial charge in [0.15, 0.2) is 0 Å². The lowest BCUT2D eigenvalue weighted by molar-refractivity contribution is 0.111. The summed E-state index contributed by atoms with van der Waals surface area (Å²) < 4.78 is 5.46. The van der Waals surface area contributed by atoms with Crippen molar-refractivity contribution in [2.24, 2.45) is 0 Å². The standard InChI is InChI=1S/C16H26N2O/c1-3-18(11-12-19-4-2)13-16-15-8-6-5-7-14(15)9-10-17-16/h5-8,16-17H,3-4,9-13H2,1-2H3. The first-order valence-corrected chi connectivity index (χ1v) is 7.46. The van der Waals surface area contributed by atoms with Gasteiger partial charge in [0.2, 0.25) is 0 Å². The molecule has 3 heteroatoms. The van der Waals surface area contributed by atoms with Crippen LogP contribution in [0.5, 0.6) is 0 Å². The van der Waals surface area contributed by atoms with E-state index in [0.717, 1.165) is 45.8 Å². The molecule has 0 bridgehead atoms. The van der Waals surface area contributed by atoms with Crippen molar-refractivity contribution in [2.45, 2.75) is 26.3 Å². The molecule has 106 valence electrons. The zero-order chi connectivity index (χ0) is 13.5. The van der Waals surface area contributed by atoms with E-state index in [2.05, 4.69) is 48.3 Å². The van der Waals surface area contributed by atoms with Crippen LogP contribution in [0, 0.1) is 0 Å². The lowest BCUT2D eigenvalue weighted by Gasteiger charge is -2.31. The molecule has 1 unspecified atom stereocenters. The van der Waals surface area contributed by atoms with Gasteiger partial charge in [-0.25, -0.2) is 0 Å². The van der Waals surface area contributed by atoms with Gasteiger partial charge in [-0.05, 0) is 37.6 Å². The smallest absolute Gasteiger partial charge is 0.0593 e. The maximum Gasteiger partial charge on any atom is 0.0593 e. The molecular formula is C16H26N2O. The van der Waals surface area contributed by atoms with Gasteiger partial charge in [-0.1, -0.05) is 31.2 Å². The molecule has 1 N–H and O–H groups in total. The van der Waals surface area contributed by atoms with E-state index in [1.807, 2.05) is 0 Å². The summed E-state index contributed by atoms with van der Waals surface area (Å²) in [5.74, 6) is 0. The van der Waals surface area contributed by atoms with E-state index in [4.69, 9.17) is 4.74 Å². The lowest BCUT2D eigenvalue weighted by Crippen LogP contribution is -2.40. The molecule has 0 aliphatic carbocycles. The zero-order valence-electron chi connectivity index (χ0n) is 12.2. The second-order valence-electron chi connectivity index (χ2n) is 5.05. The van der Waals surface area contributed by atoms with Gasteiger partial charge in [0, 0.05) is 25.7 Å². The number of hydrogen-bond acceptors (Lipinski definition) is 3. The summed E-state index contributed by atoms with van der Waals surface area (Å²) in [4.78, 5) is 2.47. The minimum absolute atomic E-state index is 0.464. The van der Waals surface area contributed by atoms with Crippen LogP contribution in [0.3, 0.4) is 0 Å². The Balaban J connectivity index is 1.94. The monoisotopic (exact) mass is 262 g/mol. The second-order valence-corrected chi connectivity index (χ2v) is 5.05. The Kier molecular flexibility index (Phi) is 5.83. The van der Waals surface area contributed by atoms with E-state index in [9.17, 15) is 0 Å². The van der Waals surface area contributed by atoms with Crippen LogP contribution in [-0.4, -0.2) is 44.3 Å². The van der Waals surface area contributed by atoms with Crippen molar-refractivity contribution in [2.75, 3.05) is 39.4 Å². The Morgan fingerprint density at radius 2 is 2.16 bits per heavy atom. The van der Waals surface area contributed by atoms with Gasteiger partial charge in [-0.15, -0.1) is 0 Å². The number of nitrogens with zero attached hydrogens (tertiary/aromatic N) is 1. The molecule has 3 nitrogen and oxygen atoms in total. The van der Waals surface area contributed by atoms with E-state index in [-0.39, 0.29) is 0 Å². The van der Waals surface area contributed by atoms with E-state index in [1.165, 1.54) is 11.1 Å². The molecule has 0 saturated carbocycles. The number of hydrogen-bond donors (Lipinski definition) is 1. The number of benzene rings is 1. The van der Waals surface area contributed by atoms with Gasteiger partial charge in [-0.2, -0.15) is 0 Å². The third-order valence-corrected chi connectivity index (χ3v) is 3.86. The molecule has 1 aliphatic rings. The third kappa shape index (κ3) is 4.03. The molecule has 0 fully saturated rings. The van der Waals surface area contributed by atoms with Crippen molar-refractivity contribution in [1.29, 1.82) is 0 Å². The third-order valence-electron chi connectivity index (χ3n) is 3.86. The highest BCUT2D eigenvalue weighted by atomic mass is 16.5. The first-order valence-electron chi connectivity index (χ1n) is 7.46. The molecule has 1 aromatic rings. The topological polar surface area (TPSA) is 24.5 Å². The molecule has 0 aromatic heterocycles. The summed E-state index contributed by atoms with van der Waals surface area (Å²) in [6, 6.07) is 9.29. The van der Waals surface area contributed by atoms with Crippen LogP contribution in [0.1, 0.15) is 31.0 Å². The molecule has 0 amide bonds. The number of likely N-dealkylation sites (N-methyl/N-ethyl adjacent to an activating group) is 1. The molecular weight excluding hydrogens is 236 g/mol. The van der Waals surface area contributed by atoms with Crippen LogP contribution in [-0.2, 0) is 11.2 Å². The molecule has 2 rings (SSSR count). The first-order chi connectivity index (χ1) is 9.35. The van der Waals surface area contributed by atoms with E-state index >= 15 is 0 Å². The Labute approximate surface area is 116 Å². The molecule has 1 heterocycles. The number of nitrogens with one attached hydrogen (secondary N) is 1. The fourth-order valence-electron chi connectivity index (χ4n) is 2.73.